The van der Waals surface area contributed by atoms with Crippen LogP contribution in [0.15, 0.2) is 41.6 Å². The van der Waals surface area contributed by atoms with Crippen LogP contribution < -0.4 is 5.32 Å². The summed E-state index contributed by atoms with van der Waals surface area (Å²) < 4.78 is 8.84. The number of hydrogen-bond acceptors (Lipinski definition) is 5. The topological polar surface area (TPSA) is 90.8 Å². The van der Waals surface area contributed by atoms with Gasteiger partial charge in [0.2, 0.25) is 0 Å². The Balaban J connectivity index is 1.52. The van der Waals surface area contributed by atoms with Crippen LogP contribution in [0, 0.1) is 0 Å². The summed E-state index contributed by atoms with van der Waals surface area (Å²) in [5.41, 5.74) is 1.15. The molecule has 8 heteroatoms. The lowest BCUT2D eigenvalue weighted by Crippen LogP contribution is -2.25. The van der Waals surface area contributed by atoms with Crippen LogP contribution in [0.5, 0.6) is 0 Å². The van der Waals surface area contributed by atoms with Crippen molar-refractivity contribution in [2.24, 2.45) is 7.05 Å². The zero-order valence-corrected chi connectivity index (χ0v) is 12.1. The first-order valence-corrected chi connectivity index (χ1v) is 6.93. The number of aryl methyl sites for hydroxylation is 2. The average Bonchev–Trinajstić information content (AvgIpc) is 3.24. The third kappa shape index (κ3) is 3.05. The van der Waals surface area contributed by atoms with E-state index in [1.54, 1.807) is 17.1 Å². The molecule has 3 aromatic rings. The van der Waals surface area contributed by atoms with Gasteiger partial charge in [0.25, 0.3) is 5.91 Å². The maximum Gasteiger partial charge on any atom is 0.273 e. The molecule has 0 saturated heterocycles. The summed E-state index contributed by atoms with van der Waals surface area (Å²) in [6.45, 7) is 1.23. The van der Waals surface area contributed by atoms with E-state index in [0.717, 1.165) is 12.1 Å². The van der Waals surface area contributed by atoms with E-state index in [0.29, 0.717) is 18.8 Å². The Morgan fingerprint density at radius 2 is 2.36 bits per heavy atom. The first-order chi connectivity index (χ1) is 10.7. The molecule has 8 nitrogen and oxygen atoms in total. The zero-order chi connectivity index (χ0) is 15.4. The van der Waals surface area contributed by atoms with Crippen LogP contribution in [-0.4, -0.2) is 36.9 Å². The molecular weight excluding hydrogens is 284 g/mol. The standard InChI is InChI=1S/C14H16N6O2/c1-19-6-2-4-12(19)13-8-11(18-22-13)14(21)16-5-3-7-20-10-15-9-17-20/h2,4,6,8-10H,3,5,7H2,1H3,(H,16,21). The van der Waals surface area contributed by atoms with Crippen molar-refractivity contribution >= 4 is 5.91 Å². The van der Waals surface area contributed by atoms with Crippen LogP contribution in [0.3, 0.4) is 0 Å². The quantitative estimate of drug-likeness (QED) is 0.688. The minimum Gasteiger partial charge on any atom is -0.354 e. The second-order valence-corrected chi connectivity index (χ2v) is 4.85. The van der Waals surface area contributed by atoms with Crippen LogP contribution in [0.1, 0.15) is 16.9 Å². The Labute approximate surface area is 126 Å². The number of aromatic nitrogens is 5. The largest absolute Gasteiger partial charge is 0.354 e. The highest BCUT2D eigenvalue weighted by Crippen LogP contribution is 2.19. The number of amides is 1. The maximum absolute atomic E-state index is 12.0. The van der Waals surface area contributed by atoms with Crippen molar-refractivity contribution in [3.63, 3.8) is 0 Å². The number of rotatable bonds is 6. The van der Waals surface area contributed by atoms with Crippen molar-refractivity contribution in [2.75, 3.05) is 6.54 Å². The molecule has 0 unspecified atom stereocenters. The molecule has 3 rings (SSSR count). The fraction of sp³-hybridized carbons (Fsp3) is 0.286. The van der Waals surface area contributed by atoms with Gasteiger partial charge in [-0.3, -0.25) is 9.48 Å². The monoisotopic (exact) mass is 300 g/mol. The summed E-state index contributed by atoms with van der Waals surface area (Å²) in [5.74, 6) is 0.322. The van der Waals surface area contributed by atoms with Gasteiger partial charge in [-0.15, -0.1) is 0 Å². The summed E-state index contributed by atoms with van der Waals surface area (Å²) in [5, 5.41) is 10.6. The predicted octanol–water partition coefficient (Wildman–Crippen LogP) is 1.09. The Kier molecular flexibility index (Phi) is 3.99. The lowest BCUT2D eigenvalue weighted by atomic mass is 10.3. The number of hydrogen-bond donors (Lipinski definition) is 1. The van der Waals surface area contributed by atoms with Crippen molar-refractivity contribution in [1.82, 2.24) is 29.8 Å². The minimum absolute atomic E-state index is 0.247. The molecule has 1 N–H and O–H groups in total. The summed E-state index contributed by atoms with van der Waals surface area (Å²) >= 11 is 0. The lowest BCUT2D eigenvalue weighted by molar-refractivity contribution is 0.0943. The Morgan fingerprint density at radius 1 is 1.45 bits per heavy atom. The summed E-state index contributed by atoms with van der Waals surface area (Å²) in [6, 6.07) is 5.45. The van der Waals surface area contributed by atoms with Crippen molar-refractivity contribution in [1.29, 1.82) is 0 Å². The zero-order valence-electron chi connectivity index (χ0n) is 12.1. The van der Waals surface area contributed by atoms with E-state index < -0.39 is 0 Å². The van der Waals surface area contributed by atoms with Crippen molar-refractivity contribution < 1.29 is 9.32 Å². The van der Waals surface area contributed by atoms with E-state index in [9.17, 15) is 4.79 Å². The highest BCUT2D eigenvalue weighted by molar-refractivity contribution is 5.92. The van der Waals surface area contributed by atoms with Gasteiger partial charge < -0.3 is 14.4 Å². The minimum atomic E-state index is -0.247. The molecule has 0 aliphatic carbocycles. The van der Waals surface area contributed by atoms with Gasteiger partial charge in [0.1, 0.15) is 12.7 Å². The van der Waals surface area contributed by atoms with Crippen LogP contribution in [0.25, 0.3) is 11.5 Å². The molecule has 0 aliphatic heterocycles. The van der Waals surface area contributed by atoms with Gasteiger partial charge in [-0.1, -0.05) is 5.16 Å². The first-order valence-electron chi connectivity index (χ1n) is 6.93. The molecule has 3 aromatic heterocycles. The van der Waals surface area contributed by atoms with Crippen molar-refractivity contribution in [2.45, 2.75) is 13.0 Å². The fourth-order valence-corrected chi connectivity index (χ4v) is 2.10. The Morgan fingerprint density at radius 3 is 3.09 bits per heavy atom. The van der Waals surface area contributed by atoms with Crippen LogP contribution in [0.2, 0.25) is 0 Å². The van der Waals surface area contributed by atoms with Crippen LogP contribution in [0.4, 0.5) is 0 Å². The first kappa shape index (κ1) is 14.1. The molecule has 0 aliphatic rings. The van der Waals surface area contributed by atoms with Crippen LogP contribution in [-0.2, 0) is 13.6 Å². The van der Waals surface area contributed by atoms with E-state index in [1.807, 2.05) is 29.9 Å². The molecule has 3 heterocycles. The van der Waals surface area contributed by atoms with E-state index >= 15 is 0 Å². The van der Waals surface area contributed by atoms with E-state index in [4.69, 9.17) is 4.52 Å². The van der Waals surface area contributed by atoms with E-state index in [-0.39, 0.29) is 11.6 Å². The van der Waals surface area contributed by atoms with Gasteiger partial charge in [0.15, 0.2) is 11.5 Å². The Bertz CT molecular complexity index is 743. The molecule has 0 atom stereocenters. The fourth-order valence-electron chi connectivity index (χ4n) is 2.10. The van der Waals surface area contributed by atoms with Crippen LogP contribution >= 0.6 is 0 Å². The van der Waals surface area contributed by atoms with Gasteiger partial charge in [0.05, 0.1) is 5.69 Å². The van der Waals surface area contributed by atoms with Crippen molar-refractivity contribution in [3.05, 3.63) is 42.7 Å². The summed E-state index contributed by atoms with van der Waals surface area (Å²) in [7, 11) is 1.90. The molecule has 0 spiro atoms. The maximum atomic E-state index is 12.0. The second kappa shape index (κ2) is 6.25. The smallest absolute Gasteiger partial charge is 0.273 e. The molecule has 0 aromatic carbocycles. The van der Waals surface area contributed by atoms with Gasteiger partial charge in [-0.25, -0.2) is 4.98 Å². The van der Waals surface area contributed by atoms with Crippen molar-refractivity contribution in [3.8, 4) is 11.5 Å². The second-order valence-electron chi connectivity index (χ2n) is 4.85. The highest BCUT2D eigenvalue weighted by atomic mass is 16.5. The summed E-state index contributed by atoms with van der Waals surface area (Å²) in [6.07, 6.45) is 5.80. The van der Waals surface area contributed by atoms with E-state index in [1.165, 1.54) is 6.33 Å². The Hall–Kier alpha value is -2.90. The number of carbonyl (C=O) groups excluding carboxylic acids is 1. The molecule has 0 saturated carbocycles. The molecule has 0 radical (unpaired) electrons. The lowest BCUT2D eigenvalue weighted by Gasteiger charge is -2.02. The predicted molar refractivity (Wildman–Crippen MR) is 77.9 cm³/mol. The molecule has 1 amide bonds. The van der Waals surface area contributed by atoms with E-state index in [2.05, 4.69) is 20.6 Å². The molecular formula is C14H16N6O2. The highest BCUT2D eigenvalue weighted by Gasteiger charge is 2.14. The number of nitrogens with one attached hydrogen (secondary N) is 1. The van der Waals surface area contributed by atoms with Gasteiger partial charge in [0, 0.05) is 32.4 Å². The number of carbonyl (C=O) groups is 1. The molecule has 114 valence electrons. The SMILES string of the molecule is Cn1cccc1-c1cc(C(=O)NCCCn2cncn2)no1. The number of nitrogens with zero attached hydrogens (tertiary/aromatic N) is 5. The molecule has 0 bridgehead atoms. The van der Waals surface area contributed by atoms with Gasteiger partial charge in [-0.2, -0.15) is 5.10 Å². The normalized spacial score (nSPS) is 10.8. The molecule has 22 heavy (non-hydrogen) atoms. The third-order valence-electron chi connectivity index (χ3n) is 3.26. The third-order valence-corrected chi connectivity index (χ3v) is 3.26. The average molecular weight is 300 g/mol. The summed E-state index contributed by atoms with van der Waals surface area (Å²) in [4.78, 5) is 15.9. The van der Waals surface area contributed by atoms with Gasteiger partial charge in [-0.05, 0) is 18.6 Å². The molecule has 0 fully saturated rings. The van der Waals surface area contributed by atoms with Gasteiger partial charge >= 0.3 is 0 Å².